The Morgan fingerprint density at radius 2 is 2.28 bits per heavy atom. The fourth-order valence-electron chi connectivity index (χ4n) is 1.54. The van der Waals surface area contributed by atoms with E-state index in [-0.39, 0.29) is 12.0 Å². The third-order valence-corrected chi connectivity index (χ3v) is 3.64. The molecule has 102 valence electrons. The highest BCUT2D eigenvalue weighted by Gasteiger charge is 2.12. The van der Waals surface area contributed by atoms with E-state index in [0.29, 0.717) is 17.4 Å². The van der Waals surface area contributed by atoms with Crippen molar-refractivity contribution in [1.82, 2.24) is 5.32 Å². The minimum atomic E-state index is -0.214. The largest absolute Gasteiger partial charge is 0.460 e. The smallest absolute Gasteiger partial charge is 0.348 e. The Balaban J connectivity index is 2.24. The molecule has 0 radical (unpaired) electrons. The van der Waals surface area contributed by atoms with Crippen molar-refractivity contribution in [3.05, 3.63) is 22.4 Å². The Morgan fingerprint density at radius 3 is 2.83 bits per heavy atom. The lowest BCUT2D eigenvalue weighted by molar-refractivity contribution is 0.0468. The molecule has 0 aliphatic carbocycles. The molecule has 0 saturated carbocycles. The maximum Gasteiger partial charge on any atom is 0.348 e. The Bertz CT molecular complexity index is 336. The van der Waals surface area contributed by atoms with E-state index in [4.69, 9.17) is 4.74 Å². The quantitative estimate of drug-likeness (QED) is 0.736. The summed E-state index contributed by atoms with van der Waals surface area (Å²) < 4.78 is 5.31. The summed E-state index contributed by atoms with van der Waals surface area (Å²) in [5, 5.41) is 5.31. The summed E-state index contributed by atoms with van der Waals surface area (Å²) in [4.78, 5) is 12.3. The van der Waals surface area contributed by atoms with Crippen LogP contribution in [0.3, 0.4) is 0 Å². The van der Waals surface area contributed by atoms with Crippen LogP contribution in [0.15, 0.2) is 17.5 Å². The van der Waals surface area contributed by atoms with Crippen molar-refractivity contribution in [3.63, 3.8) is 0 Å². The molecular formula is C14H23NO2S. The van der Waals surface area contributed by atoms with Crippen molar-refractivity contribution in [1.29, 1.82) is 0 Å². The molecule has 0 fully saturated rings. The van der Waals surface area contributed by atoms with Crippen LogP contribution in [-0.4, -0.2) is 25.2 Å². The molecule has 18 heavy (non-hydrogen) atoms. The molecule has 1 aromatic rings. The van der Waals surface area contributed by atoms with Gasteiger partial charge in [-0.3, -0.25) is 0 Å². The fraction of sp³-hybridized carbons (Fsp3) is 0.643. The van der Waals surface area contributed by atoms with E-state index < -0.39 is 0 Å². The third kappa shape index (κ3) is 5.65. The van der Waals surface area contributed by atoms with Gasteiger partial charge in [0.25, 0.3) is 0 Å². The lowest BCUT2D eigenvalue weighted by atomic mass is 10.1. The normalized spacial score (nSPS) is 12.7. The first-order chi connectivity index (χ1) is 8.63. The van der Waals surface area contributed by atoms with Gasteiger partial charge in [0.1, 0.15) is 11.5 Å². The second kappa shape index (κ2) is 8.27. The van der Waals surface area contributed by atoms with E-state index >= 15 is 0 Å². The van der Waals surface area contributed by atoms with Crippen molar-refractivity contribution < 1.29 is 9.53 Å². The molecule has 0 aliphatic heterocycles. The van der Waals surface area contributed by atoms with Crippen LogP contribution in [0.4, 0.5) is 0 Å². The predicted octanol–water partition coefficient (Wildman–Crippen LogP) is 3.32. The zero-order chi connectivity index (χ0) is 13.4. The monoisotopic (exact) mass is 269 g/mol. The molecule has 1 heterocycles. The molecular weight excluding hydrogens is 246 g/mol. The molecule has 0 bridgehead atoms. The molecule has 0 spiro atoms. The van der Waals surface area contributed by atoms with Crippen LogP contribution in [0.1, 0.15) is 43.3 Å². The number of nitrogens with one attached hydrogen (secondary N) is 1. The highest BCUT2D eigenvalue weighted by Crippen LogP contribution is 2.10. The van der Waals surface area contributed by atoms with Gasteiger partial charge in [0, 0.05) is 6.04 Å². The minimum absolute atomic E-state index is 0.214. The molecule has 0 amide bonds. The Labute approximate surface area is 114 Å². The summed E-state index contributed by atoms with van der Waals surface area (Å²) in [5.74, 6) is 0.484. The van der Waals surface area contributed by atoms with Crippen LogP contribution >= 0.6 is 11.3 Å². The second-order valence-electron chi connectivity index (χ2n) is 4.82. The van der Waals surface area contributed by atoms with Gasteiger partial charge in [0.2, 0.25) is 0 Å². The first kappa shape index (κ1) is 15.2. The first-order valence-corrected chi connectivity index (χ1v) is 7.45. The van der Waals surface area contributed by atoms with E-state index in [1.807, 2.05) is 11.4 Å². The fourth-order valence-corrected chi connectivity index (χ4v) is 2.16. The number of hydrogen-bond donors (Lipinski definition) is 1. The summed E-state index contributed by atoms with van der Waals surface area (Å²) in [6, 6.07) is 3.91. The Hall–Kier alpha value is -0.870. The molecule has 3 nitrogen and oxygen atoms in total. The maximum atomic E-state index is 11.7. The van der Waals surface area contributed by atoms with E-state index in [0.717, 1.165) is 19.4 Å². The number of hydrogen-bond acceptors (Lipinski definition) is 4. The molecule has 1 atom stereocenters. The lowest BCUT2D eigenvalue weighted by Gasteiger charge is -2.17. The van der Waals surface area contributed by atoms with Crippen molar-refractivity contribution in [2.24, 2.45) is 5.92 Å². The molecule has 1 N–H and O–H groups in total. The van der Waals surface area contributed by atoms with Gasteiger partial charge in [-0.15, -0.1) is 11.3 Å². The molecule has 0 saturated heterocycles. The molecule has 1 rings (SSSR count). The van der Waals surface area contributed by atoms with Gasteiger partial charge < -0.3 is 10.1 Å². The SMILES string of the molecule is CCC(COC(=O)c1cccs1)NCCC(C)C. The van der Waals surface area contributed by atoms with Crippen LogP contribution in [0, 0.1) is 5.92 Å². The van der Waals surface area contributed by atoms with Gasteiger partial charge in [-0.25, -0.2) is 4.79 Å². The van der Waals surface area contributed by atoms with Crippen LogP contribution in [-0.2, 0) is 4.74 Å². The Morgan fingerprint density at radius 1 is 1.50 bits per heavy atom. The minimum Gasteiger partial charge on any atom is -0.460 e. The maximum absolute atomic E-state index is 11.7. The van der Waals surface area contributed by atoms with Crippen molar-refractivity contribution in [2.75, 3.05) is 13.2 Å². The summed E-state index contributed by atoms with van der Waals surface area (Å²) >= 11 is 1.42. The van der Waals surface area contributed by atoms with Gasteiger partial charge >= 0.3 is 5.97 Å². The summed E-state index contributed by atoms with van der Waals surface area (Å²) in [6.07, 6.45) is 2.12. The molecule has 0 aliphatic rings. The predicted molar refractivity (Wildman–Crippen MR) is 76.1 cm³/mol. The average Bonchev–Trinajstić information content (AvgIpc) is 2.86. The molecule has 1 unspecified atom stereocenters. The second-order valence-corrected chi connectivity index (χ2v) is 5.77. The summed E-state index contributed by atoms with van der Waals surface area (Å²) in [7, 11) is 0. The zero-order valence-electron chi connectivity index (χ0n) is 11.4. The highest BCUT2D eigenvalue weighted by atomic mass is 32.1. The topological polar surface area (TPSA) is 38.3 Å². The Kier molecular flexibility index (Phi) is 6.98. The summed E-state index contributed by atoms with van der Waals surface area (Å²) in [6.45, 7) is 7.95. The first-order valence-electron chi connectivity index (χ1n) is 6.57. The van der Waals surface area contributed by atoms with Crippen LogP contribution < -0.4 is 5.32 Å². The van der Waals surface area contributed by atoms with Gasteiger partial charge in [0.15, 0.2) is 0 Å². The number of rotatable bonds is 8. The average molecular weight is 269 g/mol. The van der Waals surface area contributed by atoms with Crippen molar-refractivity contribution in [3.8, 4) is 0 Å². The van der Waals surface area contributed by atoms with Crippen LogP contribution in [0.2, 0.25) is 0 Å². The number of carbonyl (C=O) groups is 1. The number of esters is 1. The standard InChI is InChI=1S/C14H23NO2S/c1-4-12(15-8-7-11(2)3)10-17-14(16)13-6-5-9-18-13/h5-6,9,11-12,15H,4,7-8,10H2,1-3H3. The third-order valence-electron chi connectivity index (χ3n) is 2.79. The van der Waals surface area contributed by atoms with Crippen LogP contribution in [0.5, 0.6) is 0 Å². The van der Waals surface area contributed by atoms with Gasteiger partial charge in [-0.1, -0.05) is 26.8 Å². The number of carbonyl (C=O) groups excluding carboxylic acids is 1. The highest BCUT2D eigenvalue weighted by molar-refractivity contribution is 7.11. The van der Waals surface area contributed by atoms with Crippen molar-refractivity contribution >= 4 is 17.3 Å². The van der Waals surface area contributed by atoms with E-state index in [2.05, 4.69) is 26.1 Å². The molecule has 0 aromatic carbocycles. The van der Waals surface area contributed by atoms with E-state index in [1.165, 1.54) is 11.3 Å². The van der Waals surface area contributed by atoms with Gasteiger partial charge in [-0.05, 0) is 36.8 Å². The lowest BCUT2D eigenvalue weighted by Crippen LogP contribution is -2.34. The van der Waals surface area contributed by atoms with Crippen molar-refractivity contribution in [2.45, 2.75) is 39.7 Å². The van der Waals surface area contributed by atoms with E-state index in [1.54, 1.807) is 6.07 Å². The number of ether oxygens (including phenoxy) is 1. The molecule has 1 aromatic heterocycles. The number of thiophene rings is 1. The van der Waals surface area contributed by atoms with E-state index in [9.17, 15) is 4.79 Å². The summed E-state index contributed by atoms with van der Waals surface area (Å²) in [5.41, 5.74) is 0. The molecule has 4 heteroatoms. The van der Waals surface area contributed by atoms with Crippen LogP contribution in [0.25, 0.3) is 0 Å². The zero-order valence-corrected chi connectivity index (χ0v) is 12.3. The van der Waals surface area contributed by atoms with Gasteiger partial charge in [0.05, 0.1) is 0 Å². The van der Waals surface area contributed by atoms with Gasteiger partial charge in [-0.2, -0.15) is 0 Å².